The molecule has 2 rings (SSSR count). The Morgan fingerprint density at radius 2 is 1.86 bits per heavy atom. The number of hydrogen-bond donors (Lipinski definition) is 1. The van der Waals surface area contributed by atoms with E-state index < -0.39 is 6.10 Å². The fourth-order valence-electron chi connectivity index (χ4n) is 2.21. The van der Waals surface area contributed by atoms with Crippen molar-refractivity contribution in [3.8, 4) is 5.75 Å². The van der Waals surface area contributed by atoms with E-state index >= 15 is 0 Å². The second-order valence-electron chi connectivity index (χ2n) is 5.20. The van der Waals surface area contributed by atoms with E-state index in [-0.39, 0.29) is 12.4 Å². The molecule has 2 aromatic carbocycles. The Labute approximate surface area is 133 Å². The predicted molar refractivity (Wildman–Crippen MR) is 87.1 cm³/mol. The summed E-state index contributed by atoms with van der Waals surface area (Å²) in [7, 11) is 0. The van der Waals surface area contributed by atoms with E-state index in [0.29, 0.717) is 11.5 Å². The van der Waals surface area contributed by atoms with Crippen LogP contribution >= 0.6 is 15.9 Å². The molecule has 2 aromatic rings. The van der Waals surface area contributed by atoms with Crippen molar-refractivity contribution in [3.63, 3.8) is 0 Å². The minimum atomic E-state index is -0.495. The van der Waals surface area contributed by atoms with E-state index in [4.69, 9.17) is 10.5 Å². The largest absolute Gasteiger partial charge is 0.484 e. The van der Waals surface area contributed by atoms with Crippen LogP contribution < -0.4 is 10.5 Å². The van der Waals surface area contributed by atoms with Crippen LogP contribution in [0, 0.1) is 5.82 Å². The lowest BCUT2D eigenvalue weighted by molar-refractivity contribution is 0.206. The molecule has 1 atom stereocenters. The predicted octanol–water partition coefficient (Wildman–Crippen LogP) is 4.79. The molecule has 112 valence electrons. The zero-order chi connectivity index (χ0) is 15.4. The molecule has 21 heavy (non-hydrogen) atoms. The number of nitrogens with two attached hydrogens (primary N) is 1. The van der Waals surface area contributed by atoms with Gasteiger partial charge in [0, 0.05) is 16.6 Å². The van der Waals surface area contributed by atoms with E-state index in [2.05, 4.69) is 29.8 Å². The molecule has 0 aliphatic carbocycles. The fourth-order valence-corrected chi connectivity index (χ4v) is 2.58. The molecule has 0 aliphatic heterocycles. The molecule has 0 bridgehead atoms. The van der Waals surface area contributed by atoms with Gasteiger partial charge in [-0.25, -0.2) is 4.39 Å². The van der Waals surface area contributed by atoms with Crippen LogP contribution in [0.25, 0.3) is 0 Å². The van der Waals surface area contributed by atoms with Gasteiger partial charge in [0.25, 0.3) is 0 Å². The third-order valence-electron chi connectivity index (χ3n) is 3.33. The van der Waals surface area contributed by atoms with Gasteiger partial charge in [0.2, 0.25) is 0 Å². The Hall–Kier alpha value is -1.39. The summed E-state index contributed by atoms with van der Waals surface area (Å²) in [6.45, 7) is 4.40. The van der Waals surface area contributed by atoms with Gasteiger partial charge >= 0.3 is 0 Å². The summed E-state index contributed by atoms with van der Waals surface area (Å²) in [6, 6.07) is 12.4. The summed E-state index contributed by atoms with van der Waals surface area (Å²) >= 11 is 3.46. The molecule has 2 nitrogen and oxygen atoms in total. The number of rotatable bonds is 5. The van der Waals surface area contributed by atoms with E-state index in [1.54, 1.807) is 18.2 Å². The lowest BCUT2D eigenvalue weighted by atomic mass is 10.0. The van der Waals surface area contributed by atoms with Crippen LogP contribution in [0.1, 0.15) is 37.0 Å². The first kappa shape index (κ1) is 16.0. The minimum Gasteiger partial charge on any atom is -0.484 e. The molecular weight excluding hydrogens is 333 g/mol. The molecule has 0 radical (unpaired) electrons. The van der Waals surface area contributed by atoms with Crippen LogP contribution in [0.3, 0.4) is 0 Å². The van der Waals surface area contributed by atoms with E-state index in [1.807, 2.05) is 18.2 Å². The number of halogens is 2. The average Bonchev–Trinajstić information content (AvgIpc) is 2.46. The molecule has 0 heterocycles. The monoisotopic (exact) mass is 351 g/mol. The SMILES string of the molecule is CC(C)c1cc(Br)ccc1OC(CN)c1ccccc1F. The maximum absolute atomic E-state index is 13.9. The molecule has 0 saturated carbocycles. The summed E-state index contributed by atoms with van der Waals surface area (Å²) in [5.41, 5.74) is 7.33. The third kappa shape index (κ3) is 3.83. The van der Waals surface area contributed by atoms with Gasteiger partial charge in [0.05, 0.1) is 0 Å². The van der Waals surface area contributed by atoms with Crippen LogP contribution in [-0.2, 0) is 0 Å². The third-order valence-corrected chi connectivity index (χ3v) is 3.82. The number of ether oxygens (including phenoxy) is 1. The normalized spacial score (nSPS) is 12.5. The van der Waals surface area contributed by atoms with Crippen LogP contribution in [0.5, 0.6) is 5.75 Å². The van der Waals surface area contributed by atoms with Crippen LogP contribution in [0.2, 0.25) is 0 Å². The maximum atomic E-state index is 13.9. The van der Waals surface area contributed by atoms with Crippen LogP contribution in [0.4, 0.5) is 4.39 Å². The number of benzene rings is 2. The summed E-state index contributed by atoms with van der Waals surface area (Å²) in [4.78, 5) is 0. The van der Waals surface area contributed by atoms with Gasteiger partial charge in [0.1, 0.15) is 17.7 Å². The van der Waals surface area contributed by atoms with Gasteiger partial charge in [-0.15, -0.1) is 0 Å². The quantitative estimate of drug-likeness (QED) is 0.840. The molecule has 2 N–H and O–H groups in total. The van der Waals surface area contributed by atoms with E-state index in [0.717, 1.165) is 15.8 Å². The molecule has 4 heteroatoms. The summed E-state index contributed by atoms with van der Waals surface area (Å²) in [5, 5.41) is 0. The van der Waals surface area contributed by atoms with Crippen molar-refractivity contribution in [3.05, 3.63) is 63.9 Å². The van der Waals surface area contributed by atoms with Gasteiger partial charge in [-0.05, 0) is 35.7 Å². The van der Waals surface area contributed by atoms with Crippen molar-refractivity contribution in [1.82, 2.24) is 0 Å². The van der Waals surface area contributed by atoms with Crippen LogP contribution in [-0.4, -0.2) is 6.54 Å². The Balaban J connectivity index is 2.33. The standard InChI is InChI=1S/C17H19BrFNO/c1-11(2)14-9-12(18)7-8-16(14)21-17(10-20)13-5-3-4-6-15(13)19/h3-9,11,17H,10,20H2,1-2H3. The zero-order valence-electron chi connectivity index (χ0n) is 12.1. The molecular formula is C17H19BrFNO. The smallest absolute Gasteiger partial charge is 0.139 e. The molecule has 1 unspecified atom stereocenters. The Bertz CT molecular complexity index is 615. The highest BCUT2D eigenvalue weighted by molar-refractivity contribution is 9.10. The van der Waals surface area contributed by atoms with Gasteiger partial charge in [-0.2, -0.15) is 0 Å². The Morgan fingerprint density at radius 3 is 2.48 bits per heavy atom. The first-order valence-corrected chi connectivity index (χ1v) is 7.72. The Morgan fingerprint density at radius 1 is 1.14 bits per heavy atom. The highest BCUT2D eigenvalue weighted by Gasteiger charge is 2.18. The van der Waals surface area contributed by atoms with Gasteiger partial charge in [0.15, 0.2) is 0 Å². The maximum Gasteiger partial charge on any atom is 0.139 e. The highest BCUT2D eigenvalue weighted by Crippen LogP contribution is 2.33. The summed E-state index contributed by atoms with van der Waals surface area (Å²) in [6.07, 6.45) is -0.495. The van der Waals surface area contributed by atoms with Gasteiger partial charge in [-0.3, -0.25) is 0 Å². The second-order valence-corrected chi connectivity index (χ2v) is 6.12. The summed E-state index contributed by atoms with van der Waals surface area (Å²) < 4.78 is 20.9. The minimum absolute atomic E-state index is 0.217. The van der Waals surface area contributed by atoms with E-state index in [1.165, 1.54) is 6.07 Å². The Kier molecular flexibility index (Phi) is 5.37. The molecule has 0 saturated heterocycles. The van der Waals surface area contributed by atoms with Crippen molar-refractivity contribution < 1.29 is 9.13 Å². The van der Waals surface area contributed by atoms with Crippen molar-refractivity contribution in [1.29, 1.82) is 0 Å². The lowest BCUT2D eigenvalue weighted by Gasteiger charge is -2.22. The zero-order valence-corrected chi connectivity index (χ0v) is 13.7. The lowest BCUT2D eigenvalue weighted by Crippen LogP contribution is -2.20. The molecule has 0 amide bonds. The van der Waals surface area contributed by atoms with Crippen molar-refractivity contribution in [2.75, 3.05) is 6.54 Å². The van der Waals surface area contributed by atoms with Crippen LogP contribution in [0.15, 0.2) is 46.9 Å². The van der Waals surface area contributed by atoms with Gasteiger partial charge < -0.3 is 10.5 Å². The van der Waals surface area contributed by atoms with Crippen molar-refractivity contribution in [2.45, 2.75) is 25.9 Å². The number of hydrogen-bond acceptors (Lipinski definition) is 2. The molecule has 0 aliphatic rings. The van der Waals surface area contributed by atoms with Crippen molar-refractivity contribution in [2.24, 2.45) is 5.73 Å². The van der Waals surface area contributed by atoms with Gasteiger partial charge in [-0.1, -0.05) is 48.0 Å². The summed E-state index contributed by atoms with van der Waals surface area (Å²) in [5.74, 6) is 0.750. The molecule has 0 aromatic heterocycles. The second kappa shape index (κ2) is 7.05. The van der Waals surface area contributed by atoms with Crippen molar-refractivity contribution >= 4 is 15.9 Å². The molecule has 0 fully saturated rings. The highest BCUT2D eigenvalue weighted by atomic mass is 79.9. The first-order valence-electron chi connectivity index (χ1n) is 6.93. The van der Waals surface area contributed by atoms with E-state index in [9.17, 15) is 4.39 Å². The molecule has 0 spiro atoms. The average molecular weight is 352 g/mol. The fraction of sp³-hybridized carbons (Fsp3) is 0.294. The first-order chi connectivity index (χ1) is 10.0. The topological polar surface area (TPSA) is 35.2 Å².